The molecular weight excluding hydrogens is 1440 g/mol. The number of nitrogens with zero attached hydrogens (tertiary/aromatic N) is 8. The molecule has 0 fully saturated rings. The van der Waals surface area contributed by atoms with Gasteiger partial charge in [0.25, 0.3) is 16.6 Å². The second kappa shape index (κ2) is 36.6. The van der Waals surface area contributed by atoms with Crippen molar-refractivity contribution >= 4 is 40.8 Å². The first-order valence-corrected chi connectivity index (χ1v) is 39.5. The Labute approximate surface area is 645 Å². The van der Waals surface area contributed by atoms with Crippen LogP contribution in [-0.2, 0) is 114 Å². The normalized spacial score (nSPS) is 13.6. The predicted molar refractivity (Wildman–Crippen MR) is 419 cm³/mol. The van der Waals surface area contributed by atoms with Gasteiger partial charge >= 0.3 is 24.2 Å². The average Bonchev–Trinajstić information content (AvgIpc) is 1.61. The van der Waals surface area contributed by atoms with Gasteiger partial charge in [-0.05, 0) is 51.4 Å². The molecule has 0 aliphatic heterocycles. The van der Waals surface area contributed by atoms with Crippen molar-refractivity contribution in [3.63, 3.8) is 0 Å². The number of carboxylic acids is 1. The summed E-state index contributed by atoms with van der Waals surface area (Å²) in [6.07, 6.45) is 34.7. The SMILES string of the molecule is C.C.C.C.CC1(C)c2c[n+](CCOC=O)ccc2-c2cc[n+](CCC(=O)O)cc21.CC1(C)c2c[n+](Cc3ccccc3)ccc2-c2cc[n+](Cc3ccccc3)cc21.CCC[n+]1ccc2c(c1)C(C)(C)c1c[n+](CCP(=O)(O)O)ccc1-2.CC[n+]1ccc2c(c1)C(C)(C)c1c[n+](CCS(=O)(=O)O)ccc1-2.O=S(=O)=O. The molecule has 109 heavy (non-hydrogen) atoms. The number of ether oxygens (including phenoxy) is 1. The Morgan fingerprint density at radius 1 is 0.440 bits per heavy atom. The van der Waals surface area contributed by atoms with Gasteiger partial charge in [0, 0.05) is 132 Å². The maximum absolute atomic E-state index is 11.1. The van der Waals surface area contributed by atoms with Gasteiger partial charge in [0.1, 0.15) is 38.0 Å². The van der Waals surface area contributed by atoms with Gasteiger partial charge in [-0.15, -0.1) is 12.6 Å². The molecule has 578 valence electrons. The molecule has 0 amide bonds. The fourth-order valence-corrected chi connectivity index (χ4v) is 15.5. The van der Waals surface area contributed by atoms with E-state index in [1.54, 1.807) is 0 Å². The van der Waals surface area contributed by atoms with Crippen LogP contribution in [0.5, 0.6) is 0 Å². The zero-order valence-electron chi connectivity index (χ0n) is 61.2. The number of aliphatic carboxylic acids is 1. The summed E-state index contributed by atoms with van der Waals surface area (Å²) in [4.78, 5) is 39.3. The predicted octanol–water partition coefficient (Wildman–Crippen LogP) is 11.1. The second-order valence-electron chi connectivity index (χ2n) is 29.0. The number of hydrogen-bond acceptors (Lipinski definition) is 9. The Hall–Kier alpha value is -9.74. The van der Waals surface area contributed by atoms with Gasteiger partial charge in [0.15, 0.2) is 138 Å². The van der Waals surface area contributed by atoms with Crippen LogP contribution in [0.2, 0.25) is 0 Å². The zero-order chi connectivity index (χ0) is 75.8. The van der Waals surface area contributed by atoms with Crippen molar-refractivity contribution in [1.82, 2.24) is 0 Å². The largest absolute Gasteiger partial charge is 0.481 e. The Kier molecular flexibility index (Phi) is 29.6. The first-order valence-electron chi connectivity index (χ1n) is 35.1. The number of rotatable bonds is 20. The van der Waals surface area contributed by atoms with E-state index in [0.717, 1.165) is 32.6 Å². The van der Waals surface area contributed by atoms with Crippen LogP contribution in [0.3, 0.4) is 0 Å². The van der Waals surface area contributed by atoms with E-state index in [-0.39, 0.29) is 76.2 Å². The Morgan fingerprint density at radius 3 is 1.01 bits per heavy atom. The molecule has 0 atom stereocenters. The lowest BCUT2D eigenvalue weighted by molar-refractivity contribution is -0.698. The van der Waals surface area contributed by atoms with E-state index >= 15 is 0 Å². The standard InChI is InChI=1S/C27H26N2.C19H21N2O4.C18H23N2O3P.C17H21N2O3S.4CH4.O3S/c1-27(2)25-19-28(17-21-9-5-3-6-10-21)15-13-23(25)24-14-16-29(20-26(24)27)18-22-11-7-4-8-12-22;1-19(2)16-11-20(8-5-18(23)24)6-3-14(16)15-4-7-21(12-17(15)19)9-10-25-13-22;1-4-7-19-8-5-14-15-6-9-20(10-11-24(21,22)23)13-17(15)18(2,3)16(14)12-19;1-4-18-7-5-13-14-6-8-19(9-10-23(20,21)22)12-16(14)17(2,3)15(13)11-18;;;;;1-4(2)3/h3-16,19-20H,17-18H2,1-2H3;3-4,6-7,11-13H,5,8-10H2,1-2H3;5-6,8-9,12-13H,4,7,10-11H2,1-3H3;5-8,11-12H,4,9-10H2,1-3H3;4*1H4;/q+2;+1;;+1;;;;;/p+4. The average molecular weight is 1550 g/mol. The van der Waals surface area contributed by atoms with Crippen LogP contribution in [0.1, 0.15) is 167 Å². The minimum atomic E-state index is -3.98. The maximum atomic E-state index is 11.1. The molecular formula is C85H111N8O13PS2+8. The molecule has 0 bridgehead atoms. The first-order chi connectivity index (χ1) is 49.7. The summed E-state index contributed by atoms with van der Waals surface area (Å²) in [5.74, 6) is -1.08. The molecule has 0 radical (unpaired) electrons. The summed E-state index contributed by atoms with van der Waals surface area (Å²) >= 11 is 0. The molecule has 0 unspecified atom stereocenters. The number of pyridine rings is 8. The lowest BCUT2D eigenvalue weighted by atomic mass is 9.84. The number of benzene rings is 2. The van der Waals surface area contributed by atoms with Crippen molar-refractivity contribution in [2.45, 2.75) is 186 Å². The van der Waals surface area contributed by atoms with E-state index in [1.165, 1.54) is 100 Å². The highest BCUT2D eigenvalue weighted by Gasteiger charge is 2.44. The second-order valence-corrected chi connectivity index (χ2v) is 32.8. The monoisotopic (exact) mass is 1550 g/mol. The lowest BCUT2D eigenvalue weighted by Crippen LogP contribution is -2.38. The molecule has 4 aliphatic rings. The highest BCUT2D eigenvalue weighted by molar-refractivity contribution is 7.85. The van der Waals surface area contributed by atoms with Gasteiger partial charge in [0.2, 0.25) is 0 Å². The molecule has 4 N–H and O–H groups in total. The Bertz CT molecular complexity index is 5090. The van der Waals surface area contributed by atoms with Crippen molar-refractivity contribution in [2.24, 2.45) is 0 Å². The number of aryl methyl sites for hydroxylation is 5. The summed E-state index contributed by atoms with van der Waals surface area (Å²) in [7, 11) is -11.0. The first kappa shape index (κ1) is 88.2. The summed E-state index contributed by atoms with van der Waals surface area (Å²) in [5, 5.41) is 8.88. The third-order valence-corrected chi connectivity index (χ3v) is 21.8. The van der Waals surface area contributed by atoms with Crippen molar-refractivity contribution in [3.05, 3.63) is 264 Å². The maximum Gasteiger partial charge on any atom is 0.425 e. The summed E-state index contributed by atoms with van der Waals surface area (Å²) in [5.41, 5.74) is 22.4. The van der Waals surface area contributed by atoms with E-state index in [9.17, 15) is 22.6 Å². The molecule has 0 spiro atoms. The van der Waals surface area contributed by atoms with E-state index in [0.29, 0.717) is 32.7 Å². The van der Waals surface area contributed by atoms with E-state index in [4.69, 9.17) is 36.8 Å². The molecule has 0 saturated heterocycles. The van der Waals surface area contributed by atoms with Crippen LogP contribution >= 0.6 is 7.60 Å². The van der Waals surface area contributed by atoms with Crippen molar-refractivity contribution < 1.29 is 95.9 Å². The number of carboxylic acid groups (broad SMARTS) is 1. The highest BCUT2D eigenvalue weighted by Crippen LogP contribution is 2.51. The molecule has 8 heterocycles. The zero-order valence-corrected chi connectivity index (χ0v) is 63.7. The molecule has 10 aromatic rings. The van der Waals surface area contributed by atoms with Gasteiger partial charge in [-0.3, -0.25) is 18.7 Å². The molecule has 0 saturated carbocycles. The molecule has 14 rings (SSSR count). The van der Waals surface area contributed by atoms with Gasteiger partial charge in [0.05, 0.1) is 0 Å². The highest BCUT2D eigenvalue weighted by atomic mass is 32.2. The number of carbonyl (C=O) groups excluding carboxylic acids is 1. The molecule has 2 aromatic carbocycles. The van der Waals surface area contributed by atoms with Gasteiger partial charge in [-0.25, -0.2) is 36.5 Å². The Balaban J connectivity index is 0.000000221. The van der Waals surface area contributed by atoms with Gasteiger partial charge < -0.3 is 19.6 Å². The summed E-state index contributed by atoms with van der Waals surface area (Å²) in [6, 6.07) is 38.5. The van der Waals surface area contributed by atoms with E-state index in [2.05, 4.69) is 253 Å². The van der Waals surface area contributed by atoms with Crippen LogP contribution in [0, 0.1) is 0 Å². The molecule has 24 heteroatoms. The van der Waals surface area contributed by atoms with Gasteiger partial charge in [-0.2, -0.15) is 8.42 Å². The number of hydrogen-bond donors (Lipinski definition) is 4. The Morgan fingerprint density at radius 2 is 0.716 bits per heavy atom. The van der Waals surface area contributed by atoms with Crippen LogP contribution in [-0.4, -0.2) is 71.5 Å². The molecule has 21 nitrogen and oxygen atoms in total. The van der Waals surface area contributed by atoms with Crippen molar-refractivity contribution in [2.75, 3.05) is 18.5 Å². The fourth-order valence-electron chi connectivity index (χ4n) is 14.6. The smallest absolute Gasteiger partial charge is 0.425 e. The fraction of sp³-hybridized carbons (Fsp3) is 0.365. The summed E-state index contributed by atoms with van der Waals surface area (Å²) < 4.78 is 88.7. The quantitative estimate of drug-likeness (QED) is 0.0182. The van der Waals surface area contributed by atoms with Crippen LogP contribution < -0.4 is 36.5 Å². The minimum absolute atomic E-state index is 0. The lowest BCUT2D eigenvalue weighted by Gasteiger charge is -2.18. The number of fused-ring (bicyclic) bond motifs is 12. The third kappa shape index (κ3) is 20.8. The van der Waals surface area contributed by atoms with Crippen molar-refractivity contribution in [3.8, 4) is 44.5 Å². The number of carbonyl (C=O) groups is 2. The number of aromatic nitrogens is 8. The third-order valence-electron chi connectivity index (χ3n) is 20.3. The topological polar surface area (TPSA) is 258 Å². The van der Waals surface area contributed by atoms with Crippen molar-refractivity contribution in [1.29, 1.82) is 0 Å². The van der Waals surface area contributed by atoms with E-state index in [1.807, 2.05) is 61.5 Å². The van der Waals surface area contributed by atoms with E-state index < -0.39 is 34.3 Å². The van der Waals surface area contributed by atoms with Gasteiger partial charge in [-0.1, -0.05) is 153 Å². The molecule has 8 aromatic heterocycles. The van der Waals surface area contributed by atoms with Crippen LogP contribution in [0.15, 0.2) is 208 Å². The molecule has 4 aliphatic carbocycles. The minimum Gasteiger partial charge on any atom is -0.481 e. The van der Waals surface area contributed by atoms with Crippen LogP contribution in [0.25, 0.3) is 44.5 Å². The summed E-state index contributed by atoms with van der Waals surface area (Å²) in [6.45, 7) is 28.3. The van der Waals surface area contributed by atoms with Crippen LogP contribution in [0.4, 0.5) is 0 Å².